The average Bonchev–Trinajstić information content (AvgIpc) is 3.81. The fourth-order valence-corrected chi connectivity index (χ4v) is 9.05. The number of hydrogen-bond acceptors (Lipinski definition) is 8. The second-order valence-corrected chi connectivity index (χ2v) is 16.1. The Bertz CT molecular complexity index is 1690. The molecule has 2 saturated heterocycles. The molecule has 3 atom stereocenters. The van der Waals surface area contributed by atoms with Crippen molar-refractivity contribution in [3.63, 3.8) is 0 Å². The molecule has 6 rings (SSSR count). The van der Waals surface area contributed by atoms with E-state index in [2.05, 4.69) is 10.0 Å². The van der Waals surface area contributed by atoms with Crippen molar-refractivity contribution in [3.05, 3.63) is 66.7 Å². The summed E-state index contributed by atoms with van der Waals surface area (Å²) in [6, 6.07) is 19.2. The molecule has 3 fully saturated rings. The van der Waals surface area contributed by atoms with Gasteiger partial charge in [0, 0.05) is 37.8 Å². The Labute approximate surface area is 259 Å². The van der Waals surface area contributed by atoms with Gasteiger partial charge in [-0.3, -0.25) is 0 Å². The minimum atomic E-state index is -3.65. The second-order valence-electron chi connectivity index (χ2n) is 12.4. The molecule has 2 aliphatic heterocycles. The summed E-state index contributed by atoms with van der Waals surface area (Å²) in [5.41, 5.74) is -0.383. The number of ether oxygens (including phenoxy) is 2. The van der Waals surface area contributed by atoms with Crippen LogP contribution in [0.5, 0.6) is 5.75 Å². The predicted octanol–water partition coefficient (Wildman–Crippen LogP) is 3.26. The minimum absolute atomic E-state index is 0.00270. The third kappa shape index (κ3) is 7.12. The van der Waals surface area contributed by atoms with E-state index in [-0.39, 0.29) is 35.7 Å². The lowest BCUT2D eigenvalue weighted by molar-refractivity contribution is -0.0312. The number of aliphatic hydroxyl groups excluding tert-OH is 1. The number of benzene rings is 3. The van der Waals surface area contributed by atoms with E-state index in [1.165, 1.54) is 12.1 Å². The average molecular weight is 644 g/mol. The molecule has 12 heteroatoms. The zero-order chi connectivity index (χ0) is 31.0. The van der Waals surface area contributed by atoms with E-state index in [1.807, 2.05) is 37.3 Å². The molecule has 3 N–H and O–H groups in total. The molecule has 0 amide bonds. The maximum Gasteiger partial charge on any atom is 0.243 e. The van der Waals surface area contributed by atoms with Crippen LogP contribution in [0.25, 0.3) is 10.8 Å². The fourth-order valence-electron chi connectivity index (χ4n) is 6.23. The van der Waals surface area contributed by atoms with Gasteiger partial charge in [0.2, 0.25) is 20.0 Å². The van der Waals surface area contributed by atoms with Crippen molar-refractivity contribution in [2.45, 2.75) is 72.6 Å². The molecule has 3 aliphatic rings. The van der Waals surface area contributed by atoms with Crippen LogP contribution < -0.4 is 14.8 Å². The number of rotatable bonds is 12. The van der Waals surface area contributed by atoms with Crippen LogP contribution >= 0.6 is 0 Å². The Kier molecular flexibility index (Phi) is 9.04. The number of fused-ring (bicyclic) bond motifs is 1. The summed E-state index contributed by atoms with van der Waals surface area (Å²) in [4.78, 5) is 0.447. The first-order valence-corrected chi connectivity index (χ1v) is 18.2. The Hall–Kier alpha value is -2.58. The van der Waals surface area contributed by atoms with Gasteiger partial charge in [-0.25, -0.2) is 21.6 Å². The van der Waals surface area contributed by atoms with Crippen molar-refractivity contribution < 1.29 is 31.4 Å². The predicted molar refractivity (Wildman–Crippen MR) is 167 cm³/mol. The molecule has 1 aliphatic carbocycles. The first kappa shape index (κ1) is 31.4. The van der Waals surface area contributed by atoms with Gasteiger partial charge >= 0.3 is 0 Å². The zero-order valence-electron chi connectivity index (χ0n) is 24.9. The summed E-state index contributed by atoms with van der Waals surface area (Å²) >= 11 is 0. The van der Waals surface area contributed by atoms with Crippen molar-refractivity contribution in [1.29, 1.82) is 0 Å². The highest BCUT2D eigenvalue weighted by atomic mass is 32.2. The number of hydrogen-bond donors (Lipinski definition) is 3. The number of sulfonamides is 2. The molecule has 1 spiro atoms. The van der Waals surface area contributed by atoms with E-state index >= 15 is 0 Å². The molecule has 1 saturated carbocycles. The zero-order valence-corrected chi connectivity index (χ0v) is 26.5. The first-order valence-electron chi connectivity index (χ1n) is 15.3. The number of piperidine rings is 1. The molecule has 10 nitrogen and oxygen atoms in total. The van der Waals surface area contributed by atoms with Gasteiger partial charge in [-0.2, -0.15) is 4.31 Å². The molecule has 0 radical (unpaired) electrons. The van der Waals surface area contributed by atoms with Crippen LogP contribution in [0.3, 0.4) is 0 Å². The van der Waals surface area contributed by atoms with Gasteiger partial charge in [0.1, 0.15) is 18.5 Å². The molecule has 2 heterocycles. The highest BCUT2D eigenvalue weighted by molar-refractivity contribution is 7.89. The molecular formula is C32H41N3O7S2. The van der Waals surface area contributed by atoms with Gasteiger partial charge in [-0.05, 0) is 80.0 Å². The number of aliphatic hydroxyl groups is 1. The maximum absolute atomic E-state index is 13.4. The van der Waals surface area contributed by atoms with Gasteiger partial charge in [-0.15, -0.1) is 0 Å². The summed E-state index contributed by atoms with van der Waals surface area (Å²) in [6.45, 7) is 3.44. The smallest absolute Gasteiger partial charge is 0.243 e. The van der Waals surface area contributed by atoms with Gasteiger partial charge in [0.15, 0.2) is 0 Å². The van der Waals surface area contributed by atoms with E-state index in [9.17, 15) is 21.9 Å². The second kappa shape index (κ2) is 12.7. The van der Waals surface area contributed by atoms with Crippen molar-refractivity contribution >= 4 is 30.8 Å². The van der Waals surface area contributed by atoms with Crippen LogP contribution in [0.2, 0.25) is 0 Å². The number of nitrogens with one attached hydrogen (secondary N) is 2. The highest BCUT2D eigenvalue weighted by Crippen LogP contribution is 2.38. The third-order valence-corrected chi connectivity index (χ3v) is 12.5. The van der Waals surface area contributed by atoms with Crippen molar-refractivity contribution in [2.24, 2.45) is 5.92 Å². The molecule has 238 valence electrons. The standard InChI is InChI=1S/C32H41N3O7S2/c1-23(24-9-10-24)34-43(37,38)30-8-4-7-29(18-30)41-22-28(36)20-33-27-19-32(42-21-27)13-15-35(16-14-32)44(39,40)31-12-11-25-5-2-3-6-26(25)17-31/h2-8,11-12,17-18,23-24,27-28,33-34,36H,9-10,13-16,19-22H2,1H3. The third-order valence-electron chi connectivity index (χ3n) is 9.07. The van der Waals surface area contributed by atoms with Crippen molar-refractivity contribution in [1.82, 2.24) is 14.3 Å². The van der Waals surface area contributed by atoms with Gasteiger partial charge in [0.05, 0.1) is 22.0 Å². The van der Waals surface area contributed by atoms with Gasteiger partial charge in [0.25, 0.3) is 0 Å². The Balaban J connectivity index is 0.955. The Morgan fingerprint density at radius 3 is 2.48 bits per heavy atom. The maximum atomic E-state index is 13.4. The van der Waals surface area contributed by atoms with E-state index in [0.717, 1.165) is 30.0 Å². The largest absolute Gasteiger partial charge is 0.491 e. The summed E-state index contributed by atoms with van der Waals surface area (Å²) in [7, 11) is -7.25. The Morgan fingerprint density at radius 2 is 1.73 bits per heavy atom. The summed E-state index contributed by atoms with van der Waals surface area (Å²) in [6.07, 6.45) is 3.23. The lowest BCUT2D eigenvalue weighted by atomic mass is 9.88. The fraction of sp³-hybridized carbons (Fsp3) is 0.500. The Morgan fingerprint density at radius 1 is 0.977 bits per heavy atom. The lowest BCUT2D eigenvalue weighted by Crippen LogP contribution is -2.47. The topological polar surface area (TPSA) is 134 Å². The van der Waals surface area contributed by atoms with E-state index in [0.29, 0.717) is 49.1 Å². The van der Waals surface area contributed by atoms with E-state index in [4.69, 9.17) is 9.47 Å². The molecule has 44 heavy (non-hydrogen) atoms. The molecule has 0 bridgehead atoms. The van der Waals surface area contributed by atoms with Crippen LogP contribution in [0.4, 0.5) is 0 Å². The van der Waals surface area contributed by atoms with Crippen LogP contribution in [0, 0.1) is 5.92 Å². The summed E-state index contributed by atoms with van der Waals surface area (Å²) in [5, 5.41) is 15.8. The summed E-state index contributed by atoms with van der Waals surface area (Å²) < 4.78 is 68.5. The van der Waals surface area contributed by atoms with Crippen molar-refractivity contribution in [3.8, 4) is 5.75 Å². The van der Waals surface area contributed by atoms with Crippen molar-refractivity contribution in [2.75, 3.05) is 32.8 Å². The summed E-state index contributed by atoms with van der Waals surface area (Å²) in [5.74, 6) is 0.775. The monoisotopic (exact) mass is 643 g/mol. The van der Waals surface area contributed by atoms with E-state index < -0.39 is 26.2 Å². The normalized spacial score (nSPS) is 22.3. The first-order chi connectivity index (χ1) is 21.0. The van der Waals surface area contributed by atoms with Crippen LogP contribution in [0.1, 0.15) is 39.0 Å². The molecule has 3 unspecified atom stereocenters. The van der Waals surface area contributed by atoms with Crippen LogP contribution in [-0.2, 0) is 24.8 Å². The van der Waals surface area contributed by atoms with Gasteiger partial charge in [-0.1, -0.05) is 36.4 Å². The van der Waals surface area contributed by atoms with Crippen LogP contribution in [0.15, 0.2) is 76.5 Å². The molecule has 3 aromatic rings. The lowest BCUT2D eigenvalue weighted by Gasteiger charge is -2.38. The van der Waals surface area contributed by atoms with Crippen LogP contribution in [-0.4, -0.2) is 82.9 Å². The highest BCUT2D eigenvalue weighted by Gasteiger charge is 2.44. The SMILES string of the molecule is CC(NS(=O)(=O)c1cccc(OCC(O)CNC2COC3(CCN(S(=O)(=O)c4ccc5ccccc5c4)CC3)C2)c1)C1CC1. The minimum Gasteiger partial charge on any atom is -0.491 e. The molecule has 0 aromatic heterocycles. The molecule has 3 aromatic carbocycles. The number of nitrogens with zero attached hydrogens (tertiary/aromatic N) is 1. The van der Waals surface area contributed by atoms with Gasteiger partial charge < -0.3 is 19.9 Å². The quantitative estimate of drug-likeness (QED) is 0.274. The molecular weight excluding hydrogens is 603 g/mol. The van der Waals surface area contributed by atoms with E-state index in [1.54, 1.807) is 28.6 Å².